The van der Waals surface area contributed by atoms with Crippen molar-refractivity contribution in [2.24, 2.45) is 0 Å². The second kappa shape index (κ2) is 12.8. The van der Waals surface area contributed by atoms with Gasteiger partial charge in [-0.05, 0) is 66.7 Å². The molecule has 55 heavy (non-hydrogen) atoms. The fourth-order valence-electron chi connectivity index (χ4n) is 8.07. The average Bonchev–Trinajstić information content (AvgIpc) is 3.64. The van der Waals surface area contributed by atoms with Crippen molar-refractivity contribution in [1.82, 2.24) is 15.0 Å². The summed E-state index contributed by atoms with van der Waals surface area (Å²) in [6.45, 7) is 0. The Morgan fingerprint density at radius 1 is 0.273 bits per heavy atom. The van der Waals surface area contributed by atoms with Gasteiger partial charge in [-0.3, -0.25) is 0 Å². The zero-order chi connectivity index (χ0) is 36.3. The molecule has 0 unspecified atom stereocenters. The van der Waals surface area contributed by atoms with Crippen molar-refractivity contribution in [3.05, 3.63) is 188 Å². The first-order valence-electron chi connectivity index (χ1n) is 18.5. The molecule has 4 heteroatoms. The average molecular weight is 718 g/mol. The van der Waals surface area contributed by atoms with Crippen molar-refractivity contribution in [1.29, 1.82) is 0 Å². The van der Waals surface area contributed by atoms with Gasteiger partial charge in [0.25, 0.3) is 0 Å². The molecule has 2 heterocycles. The van der Waals surface area contributed by atoms with E-state index in [-0.39, 0.29) is 0 Å². The highest BCUT2D eigenvalue weighted by atomic mass is 32.1. The lowest BCUT2D eigenvalue weighted by Crippen LogP contribution is -2.00. The predicted octanol–water partition coefficient (Wildman–Crippen LogP) is 14.0. The predicted molar refractivity (Wildman–Crippen MR) is 232 cm³/mol. The van der Waals surface area contributed by atoms with E-state index in [1.165, 1.54) is 58.4 Å². The number of hydrogen-bond donors (Lipinski definition) is 0. The smallest absolute Gasteiger partial charge is 0.164 e. The van der Waals surface area contributed by atoms with Gasteiger partial charge in [0.1, 0.15) is 0 Å². The molecule has 11 rings (SSSR count). The lowest BCUT2D eigenvalue weighted by atomic mass is 9.91. The van der Waals surface area contributed by atoms with E-state index in [4.69, 9.17) is 15.0 Å². The molecule has 0 amide bonds. The minimum atomic E-state index is 0.643. The van der Waals surface area contributed by atoms with E-state index < -0.39 is 0 Å². The molecule has 0 fully saturated rings. The van der Waals surface area contributed by atoms with Crippen LogP contribution < -0.4 is 0 Å². The van der Waals surface area contributed by atoms with Crippen LogP contribution in [0.15, 0.2) is 188 Å². The zero-order valence-corrected chi connectivity index (χ0v) is 30.5. The van der Waals surface area contributed by atoms with Gasteiger partial charge in [0.2, 0.25) is 0 Å². The summed E-state index contributed by atoms with van der Waals surface area (Å²) in [5.74, 6) is 1.94. The Labute approximate surface area is 321 Å². The van der Waals surface area contributed by atoms with E-state index in [1.807, 2.05) is 29.5 Å². The maximum Gasteiger partial charge on any atom is 0.164 e. The van der Waals surface area contributed by atoms with Crippen LogP contribution in [0.5, 0.6) is 0 Å². The molecule has 9 aromatic carbocycles. The van der Waals surface area contributed by atoms with Gasteiger partial charge >= 0.3 is 0 Å². The van der Waals surface area contributed by atoms with E-state index in [0.29, 0.717) is 17.5 Å². The molecule has 2 aromatic heterocycles. The number of hydrogen-bond acceptors (Lipinski definition) is 4. The summed E-state index contributed by atoms with van der Waals surface area (Å²) < 4.78 is 2.61. The molecule has 0 radical (unpaired) electrons. The van der Waals surface area contributed by atoms with Gasteiger partial charge in [-0.25, -0.2) is 15.0 Å². The van der Waals surface area contributed by atoms with E-state index in [9.17, 15) is 0 Å². The van der Waals surface area contributed by atoms with Gasteiger partial charge in [0.15, 0.2) is 17.5 Å². The Morgan fingerprint density at radius 2 is 0.782 bits per heavy atom. The Bertz CT molecular complexity index is 3260. The summed E-state index contributed by atoms with van der Waals surface area (Å²) in [7, 11) is 0. The van der Waals surface area contributed by atoms with Crippen molar-refractivity contribution in [2.75, 3.05) is 0 Å². The second-order valence-electron chi connectivity index (χ2n) is 14.0. The van der Waals surface area contributed by atoms with Gasteiger partial charge < -0.3 is 0 Å². The van der Waals surface area contributed by atoms with E-state index >= 15 is 0 Å². The fraction of sp³-hybridized carbons (Fsp3) is 0. The summed E-state index contributed by atoms with van der Waals surface area (Å²) in [5, 5.41) is 9.87. The molecule has 0 N–H and O–H groups in total. The number of nitrogens with zero attached hydrogens (tertiary/aromatic N) is 3. The molecule has 11 aromatic rings. The Balaban J connectivity index is 1.03. The van der Waals surface area contributed by atoms with Crippen molar-refractivity contribution >= 4 is 63.8 Å². The lowest BCUT2D eigenvalue weighted by Gasteiger charge is -2.14. The van der Waals surface area contributed by atoms with Crippen LogP contribution in [-0.2, 0) is 0 Å². The molecular formula is C51H31N3S. The van der Waals surface area contributed by atoms with Crippen LogP contribution in [0.2, 0.25) is 0 Å². The van der Waals surface area contributed by atoms with Crippen LogP contribution in [0.1, 0.15) is 0 Å². The normalized spacial score (nSPS) is 11.6. The third-order valence-electron chi connectivity index (χ3n) is 10.8. The van der Waals surface area contributed by atoms with Crippen LogP contribution in [0.4, 0.5) is 0 Å². The summed E-state index contributed by atoms with van der Waals surface area (Å²) in [4.78, 5) is 15.4. The third-order valence-corrected chi connectivity index (χ3v) is 11.9. The molecule has 0 saturated carbocycles. The Kier molecular flexibility index (Phi) is 7.35. The quantitative estimate of drug-likeness (QED) is 0.166. The molecule has 3 nitrogen and oxygen atoms in total. The zero-order valence-electron chi connectivity index (χ0n) is 29.6. The minimum Gasteiger partial charge on any atom is -0.208 e. The van der Waals surface area contributed by atoms with E-state index in [0.717, 1.165) is 33.0 Å². The van der Waals surface area contributed by atoms with Crippen LogP contribution in [0.25, 0.3) is 109 Å². The second-order valence-corrected chi connectivity index (χ2v) is 15.0. The summed E-state index contributed by atoms with van der Waals surface area (Å²) in [6, 6.07) is 66.9. The van der Waals surface area contributed by atoms with Crippen LogP contribution >= 0.6 is 11.3 Å². The molecule has 0 aliphatic carbocycles. The van der Waals surface area contributed by atoms with E-state index in [2.05, 4.69) is 170 Å². The minimum absolute atomic E-state index is 0.643. The molecule has 0 bridgehead atoms. The van der Waals surface area contributed by atoms with Crippen molar-refractivity contribution in [2.45, 2.75) is 0 Å². The molecule has 0 atom stereocenters. The lowest BCUT2D eigenvalue weighted by molar-refractivity contribution is 1.08. The van der Waals surface area contributed by atoms with Crippen LogP contribution in [0, 0.1) is 0 Å². The summed E-state index contributed by atoms with van der Waals surface area (Å²) >= 11 is 1.84. The fourth-order valence-corrected chi connectivity index (χ4v) is 9.22. The maximum absolute atomic E-state index is 5.18. The molecule has 0 spiro atoms. The molecule has 0 aliphatic heterocycles. The largest absolute Gasteiger partial charge is 0.208 e. The Hall–Kier alpha value is -7.01. The first kappa shape index (κ1) is 31.5. The number of rotatable bonds is 5. The highest BCUT2D eigenvalue weighted by Crippen LogP contribution is 2.40. The van der Waals surface area contributed by atoms with Gasteiger partial charge in [0.05, 0.1) is 0 Å². The first-order chi connectivity index (χ1) is 27.2. The summed E-state index contributed by atoms with van der Waals surface area (Å²) in [6.07, 6.45) is 0. The topological polar surface area (TPSA) is 38.7 Å². The number of fused-ring (bicyclic) bond motifs is 7. The highest BCUT2D eigenvalue weighted by molar-refractivity contribution is 7.25. The number of benzene rings is 9. The van der Waals surface area contributed by atoms with Crippen LogP contribution in [0.3, 0.4) is 0 Å². The van der Waals surface area contributed by atoms with Crippen molar-refractivity contribution < 1.29 is 0 Å². The molecule has 256 valence electrons. The maximum atomic E-state index is 5.18. The highest BCUT2D eigenvalue weighted by Gasteiger charge is 2.17. The SMILES string of the molecule is c1ccc(-c2nc(-c3ccc(-c4ccc5c(c4)sc4ccccc45)cc3)nc(-c3cccc4c(-c5cccc6c5ccc5ccccc56)cccc34)n2)cc1. The van der Waals surface area contributed by atoms with Crippen molar-refractivity contribution in [3.63, 3.8) is 0 Å². The van der Waals surface area contributed by atoms with Gasteiger partial charge in [-0.1, -0.05) is 176 Å². The molecule has 0 aliphatic rings. The first-order valence-corrected chi connectivity index (χ1v) is 19.3. The number of thiophene rings is 1. The summed E-state index contributed by atoms with van der Waals surface area (Å²) in [5.41, 5.74) is 7.60. The molecular weight excluding hydrogens is 687 g/mol. The van der Waals surface area contributed by atoms with Crippen LogP contribution in [-0.4, -0.2) is 15.0 Å². The standard InChI is InChI=1S/C51H31N3S/c1-2-12-34(13-3-1)49-52-50(35-25-23-32(24-26-35)36-28-30-45-44-15-6-7-22-47(44)55-48(45)31-36)54-51(53-49)46-21-10-19-40-39(17-9-20-42(40)46)41-18-8-16-38-37-14-5-4-11-33(37)27-29-43(38)41/h1-31H. The van der Waals surface area contributed by atoms with Gasteiger partial charge in [0, 0.05) is 36.9 Å². The van der Waals surface area contributed by atoms with E-state index in [1.54, 1.807) is 0 Å². The number of aromatic nitrogens is 3. The third kappa shape index (κ3) is 5.38. The monoisotopic (exact) mass is 717 g/mol. The molecule has 0 saturated heterocycles. The van der Waals surface area contributed by atoms with Crippen molar-refractivity contribution in [3.8, 4) is 56.4 Å². The Morgan fingerprint density at radius 3 is 1.56 bits per heavy atom. The van der Waals surface area contributed by atoms with Gasteiger partial charge in [-0.15, -0.1) is 11.3 Å². The van der Waals surface area contributed by atoms with Gasteiger partial charge in [-0.2, -0.15) is 0 Å².